The predicted octanol–water partition coefficient (Wildman–Crippen LogP) is 0.0542. The fourth-order valence-electron chi connectivity index (χ4n) is 1.10. The summed E-state index contributed by atoms with van der Waals surface area (Å²) in [6, 6.07) is -0.482. The van der Waals surface area contributed by atoms with Crippen LogP contribution in [0.2, 0.25) is 0 Å². The molecule has 0 bridgehead atoms. The molecular weight excluding hydrogens is 218 g/mol. The van der Waals surface area contributed by atoms with Crippen molar-refractivity contribution in [3.63, 3.8) is 0 Å². The van der Waals surface area contributed by atoms with E-state index in [1.54, 1.807) is 0 Å². The quantitative estimate of drug-likeness (QED) is 0.622. The lowest BCUT2D eigenvalue weighted by Crippen LogP contribution is -2.49. The van der Waals surface area contributed by atoms with E-state index in [1.807, 2.05) is 39.8 Å². The average molecular weight is 245 g/mol. The zero-order chi connectivity index (χ0) is 13.5. The summed E-state index contributed by atoms with van der Waals surface area (Å²) in [7, 11) is 3.99. The van der Waals surface area contributed by atoms with Gasteiger partial charge in [-0.3, -0.25) is 4.79 Å². The van der Waals surface area contributed by atoms with Gasteiger partial charge in [0, 0.05) is 13.1 Å². The van der Waals surface area contributed by atoms with Crippen LogP contribution in [0.4, 0.5) is 0 Å². The molecule has 0 aliphatic carbocycles. The van der Waals surface area contributed by atoms with E-state index < -0.39 is 6.04 Å². The summed E-state index contributed by atoms with van der Waals surface area (Å²) < 4.78 is 5.36. The first kappa shape index (κ1) is 16.4. The molecule has 0 fully saturated rings. The smallest absolute Gasteiger partial charge is 0.237 e. The molecule has 0 radical (unpaired) electrons. The third-order valence-corrected chi connectivity index (χ3v) is 2.44. The summed E-state index contributed by atoms with van der Waals surface area (Å²) in [5.74, 6) is -0.117. The number of ether oxygens (including phenoxy) is 1. The second kappa shape index (κ2) is 7.63. The molecule has 17 heavy (non-hydrogen) atoms. The molecule has 0 aromatic heterocycles. The Morgan fingerprint density at radius 2 is 1.94 bits per heavy atom. The second-order valence-corrected chi connectivity index (χ2v) is 5.55. The van der Waals surface area contributed by atoms with Crippen LogP contribution in [0.3, 0.4) is 0 Å². The number of carbonyl (C=O) groups is 1. The Kier molecular flexibility index (Phi) is 7.34. The minimum atomic E-state index is -0.482. The number of nitrogens with one attached hydrogen (secondary N) is 1. The van der Waals surface area contributed by atoms with Crippen LogP contribution in [0, 0.1) is 5.41 Å². The van der Waals surface area contributed by atoms with Crippen LogP contribution < -0.4 is 11.1 Å². The topological polar surface area (TPSA) is 67.6 Å². The van der Waals surface area contributed by atoms with Gasteiger partial charge in [0.05, 0.1) is 19.3 Å². The van der Waals surface area contributed by atoms with E-state index in [4.69, 9.17) is 10.5 Å². The van der Waals surface area contributed by atoms with Gasteiger partial charge >= 0.3 is 0 Å². The first-order valence-electron chi connectivity index (χ1n) is 6.01. The van der Waals surface area contributed by atoms with Crippen LogP contribution in [0.1, 0.15) is 20.8 Å². The van der Waals surface area contributed by atoms with Crippen molar-refractivity contribution in [2.75, 3.05) is 40.4 Å². The lowest BCUT2D eigenvalue weighted by Gasteiger charge is -2.25. The Bertz CT molecular complexity index is 224. The summed E-state index contributed by atoms with van der Waals surface area (Å²) in [6.07, 6.45) is 0. The molecule has 0 unspecified atom stereocenters. The number of likely N-dealkylation sites (N-methyl/N-ethyl adjacent to an activating group) is 1. The molecule has 102 valence electrons. The molecule has 1 amide bonds. The van der Waals surface area contributed by atoms with Crippen molar-refractivity contribution in [3.05, 3.63) is 0 Å². The van der Waals surface area contributed by atoms with E-state index in [9.17, 15) is 4.79 Å². The van der Waals surface area contributed by atoms with Crippen molar-refractivity contribution in [2.45, 2.75) is 26.8 Å². The predicted molar refractivity (Wildman–Crippen MR) is 69.8 cm³/mol. The lowest BCUT2D eigenvalue weighted by atomic mass is 9.87. The molecule has 0 saturated heterocycles. The van der Waals surface area contributed by atoms with Crippen LogP contribution in [0.5, 0.6) is 0 Å². The van der Waals surface area contributed by atoms with E-state index in [0.29, 0.717) is 19.8 Å². The monoisotopic (exact) mass is 245 g/mol. The fraction of sp³-hybridized carbons (Fsp3) is 0.917. The minimum absolute atomic E-state index is 0.117. The molecule has 0 aromatic rings. The normalized spacial score (nSPS) is 13.8. The lowest BCUT2D eigenvalue weighted by molar-refractivity contribution is -0.124. The van der Waals surface area contributed by atoms with Crippen LogP contribution in [-0.4, -0.2) is 57.2 Å². The third kappa shape index (κ3) is 8.12. The van der Waals surface area contributed by atoms with Crippen LogP contribution in [-0.2, 0) is 9.53 Å². The summed E-state index contributed by atoms with van der Waals surface area (Å²) in [6.45, 7) is 8.44. The number of nitrogens with zero attached hydrogens (tertiary/aromatic N) is 1. The molecule has 0 aliphatic heterocycles. The molecule has 1 atom stereocenters. The molecule has 0 aliphatic rings. The highest BCUT2D eigenvalue weighted by atomic mass is 16.5. The van der Waals surface area contributed by atoms with Gasteiger partial charge in [0.25, 0.3) is 0 Å². The highest BCUT2D eigenvalue weighted by Gasteiger charge is 2.26. The number of amides is 1. The molecule has 0 heterocycles. The number of nitrogens with two attached hydrogens (primary N) is 1. The van der Waals surface area contributed by atoms with Crippen LogP contribution in [0.25, 0.3) is 0 Å². The van der Waals surface area contributed by atoms with Crippen molar-refractivity contribution in [1.29, 1.82) is 0 Å². The average Bonchev–Trinajstić information content (AvgIpc) is 2.19. The van der Waals surface area contributed by atoms with Gasteiger partial charge in [-0.25, -0.2) is 0 Å². The molecular formula is C12H27N3O2. The van der Waals surface area contributed by atoms with E-state index in [2.05, 4.69) is 5.32 Å². The third-order valence-electron chi connectivity index (χ3n) is 2.44. The molecule has 5 nitrogen and oxygen atoms in total. The SMILES string of the molecule is CN(C)CCOCCNC(=O)[C@@H](N)C(C)(C)C. The van der Waals surface area contributed by atoms with E-state index in [-0.39, 0.29) is 11.3 Å². The van der Waals surface area contributed by atoms with Crippen molar-refractivity contribution in [1.82, 2.24) is 10.2 Å². The van der Waals surface area contributed by atoms with Gasteiger partial charge in [0.2, 0.25) is 5.91 Å². The maximum absolute atomic E-state index is 11.6. The molecule has 0 aromatic carbocycles. The Morgan fingerprint density at radius 3 is 2.41 bits per heavy atom. The molecule has 0 saturated carbocycles. The van der Waals surface area contributed by atoms with Gasteiger partial charge in [-0.15, -0.1) is 0 Å². The maximum Gasteiger partial charge on any atom is 0.237 e. The molecule has 3 N–H and O–H groups in total. The van der Waals surface area contributed by atoms with Gasteiger partial charge in [0.1, 0.15) is 0 Å². The van der Waals surface area contributed by atoms with Crippen LogP contribution >= 0.6 is 0 Å². The standard InChI is InChI=1S/C12H27N3O2/c1-12(2,3)10(13)11(16)14-6-8-17-9-7-15(4)5/h10H,6-9,13H2,1-5H3,(H,14,16)/t10-/m1/s1. The summed E-state index contributed by atoms with van der Waals surface area (Å²) in [5.41, 5.74) is 5.60. The number of hydrogen-bond acceptors (Lipinski definition) is 4. The van der Waals surface area contributed by atoms with Crippen molar-refractivity contribution in [3.8, 4) is 0 Å². The summed E-state index contributed by atoms with van der Waals surface area (Å²) in [4.78, 5) is 13.7. The number of hydrogen-bond donors (Lipinski definition) is 2. The maximum atomic E-state index is 11.6. The zero-order valence-corrected chi connectivity index (χ0v) is 11.7. The van der Waals surface area contributed by atoms with E-state index >= 15 is 0 Å². The van der Waals surface area contributed by atoms with Crippen molar-refractivity contribution >= 4 is 5.91 Å². The van der Waals surface area contributed by atoms with Gasteiger partial charge in [0.15, 0.2) is 0 Å². The Hall–Kier alpha value is -0.650. The van der Waals surface area contributed by atoms with Gasteiger partial charge in [-0.2, -0.15) is 0 Å². The number of carbonyl (C=O) groups excluding carboxylic acids is 1. The highest BCUT2D eigenvalue weighted by molar-refractivity contribution is 5.82. The van der Waals surface area contributed by atoms with Gasteiger partial charge < -0.3 is 20.7 Å². The first-order chi connectivity index (χ1) is 7.75. The summed E-state index contributed by atoms with van der Waals surface area (Å²) in [5, 5.41) is 2.77. The second-order valence-electron chi connectivity index (χ2n) is 5.55. The summed E-state index contributed by atoms with van der Waals surface area (Å²) >= 11 is 0. The Labute approximate surface area is 105 Å². The van der Waals surface area contributed by atoms with Crippen molar-refractivity contribution in [2.24, 2.45) is 11.1 Å². The Morgan fingerprint density at radius 1 is 1.35 bits per heavy atom. The molecule has 0 rings (SSSR count). The van der Waals surface area contributed by atoms with Crippen LogP contribution in [0.15, 0.2) is 0 Å². The molecule has 5 heteroatoms. The fourth-order valence-corrected chi connectivity index (χ4v) is 1.10. The first-order valence-corrected chi connectivity index (χ1v) is 6.01. The van der Waals surface area contributed by atoms with Gasteiger partial charge in [-0.1, -0.05) is 20.8 Å². The largest absolute Gasteiger partial charge is 0.378 e. The molecule has 0 spiro atoms. The Balaban J connectivity index is 3.59. The van der Waals surface area contributed by atoms with E-state index in [0.717, 1.165) is 6.54 Å². The minimum Gasteiger partial charge on any atom is -0.378 e. The van der Waals surface area contributed by atoms with Crippen molar-refractivity contribution < 1.29 is 9.53 Å². The highest BCUT2D eigenvalue weighted by Crippen LogP contribution is 2.16. The number of rotatable bonds is 7. The van der Waals surface area contributed by atoms with Gasteiger partial charge in [-0.05, 0) is 19.5 Å². The zero-order valence-electron chi connectivity index (χ0n) is 11.7. The van der Waals surface area contributed by atoms with E-state index in [1.165, 1.54) is 0 Å².